The van der Waals surface area contributed by atoms with Crippen molar-refractivity contribution in [2.75, 3.05) is 0 Å². The SMILES string of the molecule is Fc1ccc2onnc2c1F. The Labute approximate surface area is 59.6 Å². The van der Waals surface area contributed by atoms with Crippen molar-refractivity contribution in [3.05, 3.63) is 23.8 Å². The predicted molar refractivity (Wildman–Crippen MR) is 31.7 cm³/mol. The number of hydrogen-bond acceptors (Lipinski definition) is 3. The van der Waals surface area contributed by atoms with E-state index in [1.165, 1.54) is 6.07 Å². The van der Waals surface area contributed by atoms with Crippen LogP contribution in [0.25, 0.3) is 11.1 Å². The van der Waals surface area contributed by atoms with Crippen LogP contribution < -0.4 is 0 Å². The summed E-state index contributed by atoms with van der Waals surface area (Å²) in [5.74, 6) is -1.98. The molecule has 11 heavy (non-hydrogen) atoms. The summed E-state index contributed by atoms with van der Waals surface area (Å²) in [6.07, 6.45) is 0. The highest BCUT2D eigenvalue weighted by Crippen LogP contribution is 2.16. The normalized spacial score (nSPS) is 10.7. The molecule has 5 heteroatoms. The van der Waals surface area contributed by atoms with Crippen molar-refractivity contribution >= 4 is 11.1 Å². The van der Waals surface area contributed by atoms with Gasteiger partial charge < -0.3 is 4.52 Å². The van der Waals surface area contributed by atoms with E-state index in [1.54, 1.807) is 0 Å². The molecule has 1 heterocycles. The molecule has 0 aliphatic heterocycles. The topological polar surface area (TPSA) is 38.9 Å². The van der Waals surface area contributed by atoms with Gasteiger partial charge in [-0.2, -0.15) is 0 Å². The first-order valence-electron chi connectivity index (χ1n) is 2.85. The lowest BCUT2D eigenvalue weighted by atomic mass is 10.3. The molecule has 1 aromatic carbocycles. The van der Waals surface area contributed by atoms with Crippen LogP contribution >= 0.6 is 0 Å². The van der Waals surface area contributed by atoms with Gasteiger partial charge in [0.05, 0.1) is 0 Å². The van der Waals surface area contributed by atoms with Crippen molar-refractivity contribution in [2.24, 2.45) is 0 Å². The summed E-state index contributed by atoms with van der Waals surface area (Å²) in [6.45, 7) is 0. The summed E-state index contributed by atoms with van der Waals surface area (Å²) >= 11 is 0. The van der Waals surface area contributed by atoms with Crippen molar-refractivity contribution < 1.29 is 13.3 Å². The van der Waals surface area contributed by atoms with Gasteiger partial charge in [0, 0.05) is 5.27 Å². The zero-order chi connectivity index (χ0) is 7.84. The van der Waals surface area contributed by atoms with Crippen LogP contribution in [-0.4, -0.2) is 10.4 Å². The number of aromatic nitrogens is 2. The molecule has 0 aliphatic rings. The van der Waals surface area contributed by atoms with Crippen LogP contribution in [0.3, 0.4) is 0 Å². The summed E-state index contributed by atoms with van der Waals surface area (Å²) in [4.78, 5) is 0. The van der Waals surface area contributed by atoms with E-state index in [0.29, 0.717) is 0 Å². The van der Waals surface area contributed by atoms with Crippen molar-refractivity contribution in [1.82, 2.24) is 10.4 Å². The van der Waals surface area contributed by atoms with E-state index in [0.717, 1.165) is 6.07 Å². The molecule has 0 aliphatic carbocycles. The number of nitrogens with zero attached hydrogens (tertiary/aromatic N) is 2. The molecule has 0 saturated heterocycles. The minimum absolute atomic E-state index is 0.143. The molecule has 3 nitrogen and oxygen atoms in total. The summed E-state index contributed by atoms with van der Waals surface area (Å²) in [7, 11) is 0. The molecule has 0 fully saturated rings. The Balaban J connectivity index is 2.93. The van der Waals surface area contributed by atoms with Crippen molar-refractivity contribution in [2.45, 2.75) is 0 Å². The molecule has 0 atom stereocenters. The molecule has 56 valence electrons. The Morgan fingerprint density at radius 1 is 1.27 bits per heavy atom. The summed E-state index contributed by atoms with van der Waals surface area (Å²) in [6, 6.07) is 2.23. The summed E-state index contributed by atoms with van der Waals surface area (Å²) in [5, 5.41) is 6.32. The van der Waals surface area contributed by atoms with E-state index >= 15 is 0 Å². The highest BCUT2D eigenvalue weighted by atomic mass is 19.2. The fourth-order valence-electron chi connectivity index (χ4n) is 0.794. The Hall–Kier alpha value is -1.52. The minimum atomic E-state index is -1.02. The molecule has 1 aromatic heterocycles. The lowest BCUT2D eigenvalue weighted by Crippen LogP contribution is -1.83. The van der Waals surface area contributed by atoms with E-state index in [4.69, 9.17) is 0 Å². The average Bonchev–Trinajstić information content (AvgIpc) is 2.45. The van der Waals surface area contributed by atoms with Crippen LogP contribution in [0.15, 0.2) is 16.7 Å². The molecule has 2 aromatic rings. The van der Waals surface area contributed by atoms with E-state index in [9.17, 15) is 8.78 Å². The van der Waals surface area contributed by atoms with Gasteiger partial charge in [0.25, 0.3) is 0 Å². The summed E-state index contributed by atoms with van der Waals surface area (Å²) in [5.41, 5.74) is -0.0334. The molecule has 0 saturated carbocycles. The zero-order valence-corrected chi connectivity index (χ0v) is 5.21. The largest absolute Gasteiger partial charge is 0.337 e. The lowest BCUT2D eigenvalue weighted by molar-refractivity contribution is 0.424. The third kappa shape index (κ3) is 0.772. The number of halogens is 2. The number of benzene rings is 1. The highest BCUT2D eigenvalue weighted by molar-refractivity contribution is 5.71. The third-order valence-electron chi connectivity index (χ3n) is 1.31. The number of rotatable bonds is 0. The second kappa shape index (κ2) is 1.98. The first-order chi connectivity index (χ1) is 5.29. The molecular weight excluding hydrogens is 154 g/mol. The zero-order valence-electron chi connectivity index (χ0n) is 5.21. The van der Waals surface area contributed by atoms with Gasteiger partial charge in [0.1, 0.15) is 0 Å². The second-order valence-electron chi connectivity index (χ2n) is 1.98. The fourth-order valence-corrected chi connectivity index (χ4v) is 0.794. The second-order valence-corrected chi connectivity index (χ2v) is 1.98. The van der Waals surface area contributed by atoms with E-state index in [1.807, 2.05) is 0 Å². The van der Waals surface area contributed by atoms with Crippen molar-refractivity contribution in [3.8, 4) is 0 Å². The molecule has 0 bridgehead atoms. The van der Waals surface area contributed by atoms with E-state index in [-0.39, 0.29) is 11.1 Å². The lowest BCUT2D eigenvalue weighted by Gasteiger charge is -1.88. The Kier molecular flexibility index (Phi) is 1.12. The maximum Gasteiger partial charge on any atom is 0.190 e. The number of fused-ring (bicyclic) bond motifs is 1. The average molecular weight is 156 g/mol. The summed E-state index contributed by atoms with van der Waals surface area (Å²) < 4.78 is 29.6. The number of hydrogen-bond donors (Lipinski definition) is 0. The van der Waals surface area contributed by atoms with Gasteiger partial charge in [-0.1, -0.05) is 0 Å². The van der Waals surface area contributed by atoms with Crippen LogP contribution in [0, 0.1) is 11.6 Å². The standard InChI is InChI=1S/C6H2F2N2O/c7-3-1-2-4-6(5(3)8)9-10-11-4/h1-2H. The van der Waals surface area contributed by atoms with Gasteiger partial charge >= 0.3 is 0 Å². The molecule has 2 rings (SSSR count). The molecular formula is C6H2F2N2O. The van der Waals surface area contributed by atoms with Crippen LogP contribution in [-0.2, 0) is 0 Å². The van der Waals surface area contributed by atoms with Gasteiger partial charge in [-0.15, -0.1) is 5.10 Å². The Morgan fingerprint density at radius 2 is 2.09 bits per heavy atom. The van der Waals surface area contributed by atoms with Crippen LogP contribution in [0.5, 0.6) is 0 Å². The first-order valence-corrected chi connectivity index (χ1v) is 2.85. The van der Waals surface area contributed by atoms with E-state index < -0.39 is 11.6 Å². The molecule has 0 unspecified atom stereocenters. The monoisotopic (exact) mass is 156 g/mol. The minimum Gasteiger partial charge on any atom is -0.337 e. The van der Waals surface area contributed by atoms with Crippen LogP contribution in [0.2, 0.25) is 0 Å². The quantitative estimate of drug-likeness (QED) is 0.580. The van der Waals surface area contributed by atoms with Gasteiger partial charge in [-0.05, 0) is 12.1 Å². The third-order valence-corrected chi connectivity index (χ3v) is 1.31. The molecule has 0 radical (unpaired) electrons. The van der Waals surface area contributed by atoms with Crippen LogP contribution in [0.1, 0.15) is 0 Å². The maximum absolute atomic E-state index is 12.7. The maximum atomic E-state index is 12.7. The van der Waals surface area contributed by atoms with Crippen LogP contribution in [0.4, 0.5) is 8.78 Å². The van der Waals surface area contributed by atoms with Crippen molar-refractivity contribution in [3.63, 3.8) is 0 Å². The van der Waals surface area contributed by atoms with Gasteiger partial charge in [-0.3, -0.25) is 0 Å². The fraction of sp³-hybridized carbons (Fsp3) is 0. The Bertz CT molecular complexity index is 398. The predicted octanol–water partition coefficient (Wildman–Crippen LogP) is 1.50. The van der Waals surface area contributed by atoms with Crippen molar-refractivity contribution in [1.29, 1.82) is 0 Å². The highest BCUT2D eigenvalue weighted by Gasteiger charge is 2.10. The Morgan fingerprint density at radius 3 is 2.91 bits per heavy atom. The van der Waals surface area contributed by atoms with Gasteiger partial charge in [0.15, 0.2) is 22.7 Å². The van der Waals surface area contributed by atoms with Gasteiger partial charge in [0.2, 0.25) is 0 Å². The van der Waals surface area contributed by atoms with Gasteiger partial charge in [-0.25, -0.2) is 8.78 Å². The molecule has 0 spiro atoms. The molecule has 0 amide bonds. The smallest absolute Gasteiger partial charge is 0.190 e. The first kappa shape index (κ1) is 6.21. The molecule has 0 N–H and O–H groups in total. The van der Waals surface area contributed by atoms with E-state index in [2.05, 4.69) is 14.9 Å².